The van der Waals surface area contributed by atoms with E-state index < -0.39 is 10.0 Å². The van der Waals surface area contributed by atoms with Crippen LogP contribution < -0.4 is 10.5 Å². The summed E-state index contributed by atoms with van der Waals surface area (Å²) in [7, 11) is -3.74. The van der Waals surface area contributed by atoms with Gasteiger partial charge in [-0.2, -0.15) is 0 Å². The number of anilines is 1. The van der Waals surface area contributed by atoms with E-state index in [4.69, 9.17) is 29.6 Å². The Bertz CT molecular complexity index is 715. The fourth-order valence-electron chi connectivity index (χ4n) is 1.27. The Morgan fingerprint density at radius 1 is 1.47 bits per heavy atom. The van der Waals surface area contributed by atoms with Crippen molar-refractivity contribution in [3.05, 3.63) is 35.0 Å². The number of benzene rings is 1. The van der Waals surface area contributed by atoms with Gasteiger partial charge in [0.15, 0.2) is 0 Å². The summed E-state index contributed by atoms with van der Waals surface area (Å²) in [5.41, 5.74) is 5.88. The Kier molecular flexibility index (Phi) is 3.99. The zero-order valence-corrected chi connectivity index (χ0v) is 12.4. The molecule has 0 unspecified atom stereocenters. The predicted octanol–water partition coefficient (Wildman–Crippen LogP) is 1.63. The van der Waals surface area contributed by atoms with Crippen molar-refractivity contribution in [1.29, 1.82) is 0 Å². The molecule has 0 amide bonds. The molecule has 1 heterocycles. The summed E-state index contributed by atoms with van der Waals surface area (Å²) in [4.78, 5) is 0.111. The van der Waals surface area contributed by atoms with Gasteiger partial charge in [0, 0.05) is 17.1 Å². The lowest BCUT2D eigenvalue weighted by atomic mass is 10.2. The lowest BCUT2D eigenvalue weighted by molar-refractivity contribution is 0.601. The molecule has 1 aromatic heterocycles. The smallest absolute Gasteiger partial charge is 0.262 e. The molecule has 0 bridgehead atoms. The zero-order valence-electron chi connectivity index (χ0n) is 9.20. The van der Waals surface area contributed by atoms with Crippen LogP contribution in [0, 0.1) is 0 Å². The molecule has 19 heavy (non-hydrogen) atoms. The number of aromatic nitrogens is 2. The molecule has 0 aliphatic carbocycles. The van der Waals surface area contributed by atoms with Crippen LogP contribution in [0.1, 0.15) is 5.56 Å². The number of nitrogens with two attached hydrogens (primary N) is 1. The fraction of sp³-hybridized carbons (Fsp3) is 0. The highest BCUT2D eigenvalue weighted by Crippen LogP contribution is 2.23. The Morgan fingerprint density at radius 3 is 2.74 bits per heavy atom. The van der Waals surface area contributed by atoms with Crippen molar-refractivity contribution >= 4 is 55.4 Å². The van der Waals surface area contributed by atoms with E-state index in [0.29, 0.717) is 10.6 Å². The molecule has 0 radical (unpaired) electrons. The minimum absolute atomic E-state index is 0.00546. The minimum Gasteiger partial charge on any atom is -0.389 e. The minimum atomic E-state index is -3.74. The molecule has 1 aromatic carbocycles. The molecule has 2 aromatic rings. The first-order chi connectivity index (χ1) is 8.90. The van der Waals surface area contributed by atoms with E-state index in [9.17, 15) is 8.42 Å². The standard InChI is InChI=1S/C9H7ClN4O2S3/c10-7-3-5(1-2-6(7)9(11)17)19(15,16)13-8-4-12-14-18-8/h1-4,13H,(H2,11,17). The van der Waals surface area contributed by atoms with Crippen LogP contribution in [0.4, 0.5) is 5.00 Å². The average molecular weight is 335 g/mol. The van der Waals surface area contributed by atoms with Gasteiger partial charge in [-0.1, -0.05) is 28.3 Å². The molecule has 10 heteroatoms. The van der Waals surface area contributed by atoms with Gasteiger partial charge in [0.05, 0.1) is 16.1 Å². The first-order valence-corrected chi connectivity index (χ1v) is 7.84. The molecule has 2 rings (SSSR count). The second-order valence-corrected chi connectivity index (χ2v) is 6.71. The third-order valence-corrected chi connectivity index (χ3v) is 4.72. The average Bonchev–Trinajstić information content (AvgIpc) is 2.80. The number of halogens is 1. The van der Waals surface area contributed by atoms with E-state index in [1.807, 2.05) is 0 Å². The molecule has 0 atom stereocenters. The van der Waals surface area contributed by atoms with Crippen molar-refractivity contribution < 1.29 is 8.42 Å². The maximum atomic E-state index is 12.1. The zero-order chi connectivity index (χ0) is 14.0. The highest BCUT2D eigenvalue weighted by atomic mass is 35.5. The fourth-order valence-corrected chi connectivity index (χ4v) is 3.56. The molecular weight excluding hydrogens is 328 g/mol. The van der Waals surface area contributed by atoms with Crippen LogP contribution in [0.5, 0.6) is 0 Å². The highest BCUT2D eigenvalue weighted by molar-refractivity contribution is 7.93. The summed E-state index contributed by atoms with van der Waals surface area (Å²) in [6.45, 7) is 0. The topological polar surface area (TPSA) is 98.0 Å². The van der Waals surface area contributed by atoms with Gasteiger partial charge in [-0.25, -0.2) is 8.42 Å². The molecule has 0 aliphatic heterocycles. The van der Waals surface area contributed by atoms with Gasteiger partial charge in [0.25, 0.3) is 10.0 Å². The largest absolute Gasteiger partial charge is 0.389 e. The van der Waals surface area contributed by atoms with E-state index in [-0.39, 0.29) is 14.9 Å². The van der Waals surface area contributed by atoms with Gasteiger partial charge in [0.2, 0.25) is 0 Å². The molecule has 0 fully saturated rings. The SMILES string of the molecule is NC(=S)c1ccc(S(=O)(=O)Nc2cnns2)cc1Cl. The van der Waals surface area contributed by atoms with Crippen molar-refractivity contribution in [3.63, 3.8) is 0 Å². The van der Waals surface area contributed by atoms with Crippen molar-refractivity contribution in [2.24, 2.45) is 5.73 Å². The second kappa shape index (κ2) is 5.37. The number of hydrogen-bond acceptors (Lipinski definition) is 6. The number of nitrogens with zero attached hydrogens (tertiary/aromatic N) is 2. The molecular formula is C9H7ClN4O2S3. The lowest BCUT2D eigenvalue weighted by Gasteiger charge is -2.07. The van der Waals surface area contributed by atoms with Crippen molar-refractivity contribution in [2.45, 2.75) is 4.90 Å². The van der Waals surface area contributed by atoms with E-state index in [1.54, 1.807) is 0 Å². The van der Waals surface area contributed by atoms with Gasteiger partial charge in [-0.15, -0.1) is 5.10 Å². The van der Waals surface area contributed by atoms with Gasteiger partial charge in [-0.05, 0) is 18.2 Å². The van der Waals surface area contributed by atoms with Crippen LogP contribution in [-0.2, 0) is 10.0 Å². The van der Waals surface area contributed by atoms with Gasteiger partial charge in [-0.3, -0.25) is 4.72 Å². The van der Waals surface area contributed by atoms with Crippen molar-refractivity contribution in [1.82, 2.24) is 9.59 Å². The summed E-state index contributed by atoms with van der Waals surface area (Å²) in [6, 6.07) is 4.12. The van der Waals surface area contributed by atoms with Crippen molar-refractivity contribution in [2.75, 3.05) is 4.72 Å². The molecule has 3 N–H and O–H groups in total. The summed E-state index contributed by atoms with van der Waals surface area (Å²) in [5, 5.41) is 4.03. The van der Waals surface area contributed by atoms with E-state index in [0.717, 1.165) is 11.5 Å². The van der Waals surface area contributed by atoms with E-state index in [1.165, 1.54) is 24.4 Å². The van der Waals surface area contributed by atoms with Crippen LogP contribution in [0.2, 0.25) is 5.02 Å². The molecule has 6 nitrogen and oxygen atoms in total. The number of rotatable bonds is 4. The second-order valence-electron chi connectivity index (χ2n) is 3.39. The van der Waals surface area contributed by atoms with Gasteiger partial charge >= 0.3 is 0 Å². The number of thiocarbonyl (C=S) groups is 1. The van der Waals surface area contributed by atoms with Gasteiger partial charge < -0.3 is 5.73 Å². The Morgan fingerprint density at radius 2 is 2.21 bits per heavy atom. The van der Waals surface area contributed by atoms with Crippen LogP contribution in [0.15, 0.2) is 29.3 Å². The normalized spacial score (nSPS) is 11.2. The van der Waals surface area contributed by atoms with Crippen LogP contribution >= 0.6 is 35.4 Å². The van der Waals surface area contributed by atoms with E-state index >= 15 is 0 Å². The molecule has 0 spiro atoms. The van der Waals surface area contributed by atoms with Crippen LogP contribution in [0.25, 0.3) is 0 Å². The summed E-state index contributed by atoms with van der Waals surface area (Å²) in [5.74, 6) is 0. The Hall–Kier alpha value is -1.29. The first-order valence-electron chi connectivity index (χ1n) is 4.79. The molecule has 0 aliphatic rings. The third kappa shape index (κ3) is 3.18. The summed E-state index contributed by atoms with van der Waals surface area (Å²) < 4.78 is 30.0. The number of nitrogens with one attached hydrogen (secondary N) is 1. The number of hydrogen-bond donors (Lipinski definition) is 2. The van der Waals surface area contributed by atoms with E-state index in [2.05, 4.69) is 14.3 Å². The summed E-state index contributed by atoms with van der Waals surface area (Å²) >= 11 is 11.7. The van der Waals surface area contributed by atoms with Gasteiger partial charge in [0.1, 0.15) is 9.99 Å². The Labute approximate surface area is 123 Å². The molecule has 100 valence electrons. The van der Waals surface area contributed by atoms with Crippen LogP contribution in [0.3, 0.4) is 0 Å². The lowest BCUT2D eigenvalue weighted by Crippen LogP contribution is -2.14. The molecule has 0 saturated heterocycles. The van der Waals surface area contributed by atoms with Crippen LogP contribution in [-0.4, -0.2) is 23.0 Å². The predicted molar refractivity (Wildman–Crippen MR) is 78.1 cm³/mol. The molecule has 0 saturated carbocycles. The summed E-state index contributed by atoms with van der Waals surface area (Å²) in [6.07, 6.45) is 1.31. The maximum absolute atomic E-state index is 12.1. The maximum Gasteiger partial charge on any atom is 0.262 e. The monoisotopic (exact) mass is 334 g/mol. The van der Waals surface area contributed by atoms with Crippen molar-refractivity contribution in [3.8, 4) is 0 Å². The first kappa shape index (κ1) is 14.1. The Balaban J connectivity index is 2.36. The quantitative estimate of drug-likeness (QED) is 0.825. The highest BCUT2D eigenvalue weighted by Gasteiger charge is 2.17. The number of sulfonamides is 1. The third-order valence-electron chi connectivity index (χ3n) is 2.11.